The van der Waals surface area contributed by atoms with Crippen molar-refractivity contribution in [2.45, 2.75) is 31.5 Å². The molecule has 2 unspecified atom stereocenters. The van der Waals surface area contributed by atoms with Gasteiger partial charge < -0.3 is 9.88 Å². The first-order valence-electron chi connectivity index (χ1n) is 11.5. The number of fused-ring (bicyclic) bond motifs is 1. The van der Waals surface area contributed by atoms with Gasteiger partial charge in [0.05, 0.1) is 42.3 Å². The van der Waals surface area contributed by atoms with E-state index in [0.717, 1.165) is 28.1 Å². The second-order valence-electron chi connectivity index (χ2n) is 8.67. The number of nitrogens with zero attached hydrogens (tertiary/aromatic N) is 3. The quantitative estimate of drug-likeness (QED) is 0.407. The summed E-state index contributed by atoms with van der Waals surface area (Å²) in [6.45, 7) is 0.484. The maximum atomic E-state index is 13.9. The van der Waals surface area contributed by atoms with Gasteiger partial charge in [-0.05, 0) is 59.9 Å². The van der Waals surface area contributed by atoms with E-state index in [2.05, 4.69) is 33.5 Å². The molecule has 7 heteroatoms. The van der Waals surface area contributed by atoms with Gasteiger partial charge in [0, 0.05) is 16.9 Å². The van der Waals surface area contributed by atoms with Crippen LogP contribution in [-0.4, -0.2) is 21.9 Å². The highest BCUT2D eigenvalue weighted by Gasteiger charge is 2.32. The number of nitriles is 1. The molecule has 1 aromatic heterocycles. The summed E-state index contributed by atoms with van der Waals surface area (Å²) in [7, 11) is 0. The first-order chi connectivity index (χ1) is 17.1. The number of hydrogen-bond acceptors (Lipinski definition) is 4. The first-order valence-corrected chi connectivity index (χ1v) is 11.9. The summed E-state index contributed by atoms with van der Waals surface area (Å²) in [5.74, 6) is -0.00666. The van der Waals surface area contributed by atoms with Crippen LogP contribution in [0.4, 0.5) is 5.69 Å². The summed E-state index contributed by atoms with van der Waals surface area (Å²) >= 11 is 6.27. The second kappa shape index (κ2) is 10.1. The number of carbonyl (C=O) groups excluding carboxylic acids is 1. The molecule has 2 atom stereocenters. The van der Waals surface area contributed by atoms with Crippen molar-refractivity contribution in [3.8, 4) is 6.07 Å². The van der Waals surface area contributed by atoms with Gasteiger partial charge in [-0.25, -0.2) is 4.98 Å². The third-order valence-corrected chi connectivity index (χ3v) is 6.61. The zero-order chi connectivity index (χ0) is 24.2. The highest BCUT2D eigenvalue weighted by atomic mass is 35.5. The number of aromatic nitrogens is 2. The minimum Gasteiger partial charge on any atom is -0.347 e. The summed E-state index contributed by atoms with van der Waals surface area (Å²) in [5, 5.41) is 13.3. The van der Waals surface area contributed by atoms with Crippen molar-refractivity contribution in [3.05, 3.63) is 118 Å². The van der Waals surface area contributed by atoms with Gasteiger partial charge in [0.1, 0.15) is 0 Å². The molecular weight excluding hydrogens is 458 g/mol. The van der Waals surface area contributed by atoms with E-state index in [4.69, 9.17) is 16.9 Å². The Morgan fingerprint density at radius 2 is 1.91 bits per heavy atom. The molecule has 35 heavy (non-hydrogen) atoms. The van der Waals surface area contributed by atoms with Gasteiger partial charge in [0.2, 0.25) is 5.91 Å². The fourth-order valence-corrected chi connectivity index (χ4v) is 4.74. The van der Waals surface area contributed by atoms with Gasteiger partial charge in [-0.1, -0.05) is 54.1 Å². The van der Waals surface area contributed by atoms with Crippen LogP contribution in [-0.2, 0) is 24.2 Å². The van der Waals surface area contributed by atoms with E-state index in [0.29, 0.717) is 30.0 Å². The SMILES string of the molecule is N#Cc1ccc(CC(NC2Cc3ccccc3CN(c3cccc(Cl)c3)C2=O)c2cnc[nH]2)cc1. The van der Waals surface area contributed by atoms with Crippen molar-refractivity contribution in [1.29, 1.82) is 5.26 Å². The zero-order valence-corrected chi connectivity index (χ0v) is 19.7. The predicted octanol–water partition coefficient (Wildman–Crippen LogP) is 4.97. The summed E-state index contributed by atoms with van der Waals surface area (Å²) in [6.07, 6.45) is 4.64. The Hall–Kier alpha value is -3.92. The van der Waals surface area contributed by atoms with Crippen LogP contribution in [0, 0.1) is 11.3 Å². The Morgan fingerprint density at radius 3 is 2.63 bits per heavy atom. The van der Waals surface area contributed by atoms with Gasteiger partial charge in [0.15, 0.2) is 0 Å². The van der Waals surface area contributed by atoms with E-state index >= 15 is 0 Å². The van der Waals surface area contributed by atoms with Crippen LogP contribution < -0.4 is 10.2 Å². The molecule has 5 rings (SSSR count). The standard InChI is InChI=1S/C28H24ClN5O/c29-23-6-3-7-24(14-23)34-17-22-5-2-1-4-21(22)13-26(28(34)35)33-25(27-16-31-18-32-27)12-19-8-10-20(15-30)11-9-19/h1-11,14,16,18,25-26,33H,12-13,17H2,(H,31,32). The minimum atomic E-state index is -0.454. The second-order valence-corrected chi connectivity index (χ2v) is 9.11. The average Bonchev–Trinajstić information content (AvgIpc) is 3.38. The normalized spacial score (nSPS) is 16.3. The molecule has 3 aromatic carbocycles. The van der Waals surface area contributed by atoms with E-state index in [9.17, 15) is 4.79 Å². The maximum absolute atomic E-state index is 13.9. The fourth-order valence-electron chi connectivity index (χ4n) is 4.56. The first kappa shape index (κ1) is 22.9. The van der Waals surface area contributed by atoms with Gasteiger partial charge >= 0.3 is 0 Å². The molecular formula is C28H24ClN5O. The van der Waals surface area contributed by atoms with Crippen molar-refractivity contribution < 1.29 is 4.79 Å². The maximum Gasteiger partial charge on any atom is 0.244 e. The number of H-pyrrole nitrogens is 1. The summed E-state index contributed by atoms with van der Waals surface area (Å²) in [6, 6.07) is 24.6. The molecule has 0 aliphatic carbocycles. The van der Waals surface area contributed by atoms with Gasteiger partial charge in [-0.2, -0.15) is 5.26 Å². The zero-order valence-electron chi connectivity index (χ0n) is 19.0. The topological polar surface area (TPSA) is 84.8 Å². The lowest BCUT2D eigenvalue weighted by molar-refractivity contribution is -0.120. The molecule has 1 aliphatic rings. The number of aromatic amines is 1. The van der Waals surface area contributed by atoms with Crippen LogP contribution in [0.3, 0.4) is 0 Å². The van der Waals surface area contributed by atoms with Gasteiger partial charge in [-0.15, -0.1) is 0 Å². The summed E-state index contributed by atoms with van der Waals surface area (Å²) in [4.78, 5) is 23.1. The van der Waals surface area contributed by atoms with Gasteiger partial charge in [-0.3, -0.25) is 10.1 Å². The molecule has 0 radical (unpaired) electrons. The number of amides is 1. The van der Waals surface area contributed by atoms with Crippen LogP contribution in [0.25, 0.3) is 0 Å². The lowest BCUT2D eigenvalue weighted by Gasteiger charge is -2.28. The largest absolute Gasteiger partial charge is 0.347 e. The van der Waals surface area contributed by atoms with Gasteiger partial charge in [0.25, 0.3) is 0 Å². The molecule has 2 N–H and O–H groups in total. The van der Waals surface area contributed by atoms with Crippen molar-refractivity contribution in [2.75, 3.05) is 4.90 Å². The molecule has 0 saturated carbocycles. The average molecular weight is 482 g/mol. The van der Waals surface area contributed by atoms with Crippen molar-refractivity contribution >= 4 is 23.2 Å². The predicted molar refractivity (Wildman–Crippen MR) is 136 cm³/mol. The number of hydrogen-bond donors (Lipinski definition) is 2. The molecule has 0 spiro atoms. The molecule has 6 nitrogen and oxygen atoms in total. The van der Waals surface area contributed by atoms with Crippen LogP contribution in [0.15, 0.2) is 85.3 Å². The number of anilines is 1. The Balaban J connectivity index is 1.48. The van der Waals surface area contributed by atoms with Crippen molar-refractivity contribution in [3.63, 3.8) is 0 Å². The molecule has 174 valence electrons. The van der Waals surface area contributed by atoms with Crippen LogP contribution in [0.2, 0.25) is 5.02 Å². The number of rotatable bonds is 6. The molecule has 0 fully saturated rings. The fraction of sp³-hybridized carbons (Fsp3) is 0.179. The minimum absolute atomic E-state index is 0.00666. The Bertz CT molecular complexity index is 1360. The Kier molecular flexibility index (Phi) is 6.62. The van der Waals surface area contributed by atoms with Crippen molar-refractivity contribution in [2.24, 2.45) is 0 Å². The molecule has 1 amide bonds. The van der Waals surface area contributed by atoms with E-state index < -0.39 is 6.04 Å². The number of benzene rings is 3. The Labute approximate surface area is 209 Å². The third-order valence-electron chi connectivity index (χ3n) is 6.37. The van der Waals surface area contributed by atoms with E-state index in [1.54, 1.807) is 17.4 Å². The number of imidazole rings is 1. The lowest BCUT2D eigenvalue weighted by Crippen LogP contribution is -2.47. The Morgan fingerprint density at radius 1 is 1.11 bits per heavy atom. The number of halogens is 1. The summed E-state index contributed by atoms with van der Waals surface area (Å²) < 4.78 is 0. The number of carbonyl (C=O) groups is 1. The lowest BCUT2D eigenvalue weighted by atomic mass is 9.98. The molecule has 2 heterocycles. The molecule has 0 saturated heterocycles. The van der Waals surface area contributed by atoms with Crippen LogP contribution in [0.1, 0.15) is 34.0 Å². The molecule has 4 aromatic rings. The highest BCUT2D eigenvalue weighted by molar-refractivity contribution is 6.30. The van der Waals surface area contributed by atoms with E-state index in [-0.39, 0.29) is 11.9 Å². The van der Waals surface area contributed by atoms with Crippen LogP contribution in [0.5, 0.6) is 0 Å². The number of nitrogens with one attached hydrogen (secondary N) is 2. The smallest absolute Gasteiger partial charge is 0.244 e. The van der Waals surface area contributed by atoms with Crippen molar-refractivity contribution in [1.82, 2.24) is 15.3 Å². The summed E-state index contributed by atoms with van der Waals surface area (Å²) in [5.41, 5.74) is 5.61. The third kappa shape index (κ3) is 5.12. The van der Waals surface area contributed by atoms with E-state index in [1.807, 2.05) is 60.7 Å². The van der Waals surface area contributed by atoms with E-state index in [1.165, 1.54) is 0 Å². The molecule has 1 aliphatic heterocycles. The highest BCUT2D eigenvalue weighted by Crippen LogP contribution is 2.28. The monoisotopic (exact) mass is 481 g/mol. The molecule has 0 bridgehead atoms. The van der Waals surface area contributed by atoms with Crippen LogP contribution >= 0.6 is 11.6 Å².